The maximum atomic E-state index is 12.5. The summed E-state index contributed by atoms with van der Waals surface area (Å²) in [6.45, 7) is 0. The van der Waals surface area contributed by atoms with Gasteiger partial charge < -0.3 is 10.8 Å². The van der Waals surface area contributed by atoms with Crippen molar-refractivity contribution < 1.29 is 9.90 Å². The summed E-state index contributed by atoms with van der Waals surface area (Å²) in [7, 11) is 0. The van der Waals surface area contributed by atoms with Crippen molar-refractivity contribution in [2.75, 3.05) is 11.5 Å². The maximum absolute atomic E-state index is 12.5. The molecule has 0 spiro atoms. The molecule has 0 saturated carbocycles. The average Bonchev–Trinajstić information content (AvgIpc) is 2.72. The molecule has 0 atom stereocenters. The third-order valence-electron chi connectivity index (χ3n) is 4.06. The maximum Gasteiger partial charge on any atom is 0.173 e. The number of hydrogen-bond acceptors (Lipinski definition) is 7. The normalized spacial score (nSPS) is 10.2. The van der Waals surface area contributed by atoms with Crippen molar-refractivity contribution in [2.45, 2.75) is 5.03 Å². The number of hydrogen-bond donors (Lipinski definition) is 2. The average molecular weight is 465 g/mol. The standard InChI is InChI=1S/C21H13BrN4O2S/c22-14-3-1-2-13(8-14)18(28)11-29-21-17(10-24)19(16(9-23)20(25)26-21)12-4-6-15(27)7-5-12/h1-8,27H,11H2,(H2,25,26). The highest BCUT2D eigenvalue weighted by molar-refractivity contribution is 9.10. The second kappa shape index (κ2) is 8.78. The minimum absolute atomic E-state index is 0.0213. The smallest absolute Gasteiger partial charge is 0.173 e. The van der Waals surface area contributed by atoms with Gasteiger partial charge in [-0.15, -0.1) is 0 Å². The van der Waals surface area contributed by atoms with E-state index in [1.165, 1.54) is 12.1 Å². The third kappa shape index (κ3) is 4.40. The fraction of sp³-hybridized carbons (Fsp3) is 0.0476. The Morgan fingerprint density at radius 3 is 2.45 bits per heavy atom. The molecule has 1 heterocycles. The van der Waals surface area contributed by atoms with Crippen molar-refractivity contribution in [3.8, 4) is 29.0 Å². The number of aromatic hydroxyl groups is 1. The molecule has 1 aromatic heterocycles. The van der Waals surface area contributed by atoms with Gasteiger partial charge in [-0.05, 0) is 29.8 Å². The number of ketones is 1. The zero-order chi connectivity index (χ0) is 21.0. The van der Waals surface area contributed by atoms with Crippen LogP contribution in [0.4, 0.5) is 5.82 Å². The van der Waals surface area contributed by atoms with Crippen LogP contribution in [0.3, 0.4) is 0 Å². The van der Waals surface area contributed by atoms with Gasteiger partial charge in [-0.2, -0.15) is 10.5 Å². The van der Waals surface area contributed by atoms with E-state index in [9.17, 15) is 20.4 Å². The van der Waals surface area contributed by atoms with E-state index < -0.39 is 0 Å². The number of carbonyl (C=O) groups excluding carboxylic acids is 1. The van der Waals surface area contributed by atoms with Crippen LogP contribution < -0.4 is 5.73 Å². The van der Waals surface area contributed by atoms with Gasteiger partial charge in [0.2, 0.25) is 0 Å². The summed E-state index contributed by atoms with van der Waals surface area (Å²) in [5, 5.41) is 29.1. The topological polar surface area (TPSA) is 124 Å². The van der Waals surface area contributed by atoms with Crippen molar-refractivity contribution >= 4 is 39.3 Å². The van der Waals surface area contributed by atoms with Gasteiger partial charge in [-0.1, -0.05) is 52.0 Å². The summed E-state index contributed by atoms with van der Waals surface area (Å²) in [5.41, 5.74) is 7.62. The Labute approximate surface area is 179 Å². The number of phenolic OH excluding ortho intramolecular Hbond substituents is 1. The highest BCUT2D eigenvalue weighted by Gasteiger charge is 2.21. The quantitative estimate of drug-likeness (QED) is 0.420. The summed E-state index contributed by atoms with van der Waals surface area (Å²) in [6.07, 6.45) is 0. The minimum atomic E-state index is -0.129. The molecule has 2 aromatic carbocycles. The Bertz CT molecular complexity index is 1180. The van der Waals surface area contributed by atoms with Gasteiger partial charge in [0.05, 0.1) is 11.3 Å². The Kier molecular flexibility index (Phi) is 6.18. The van der Waals surface area contributed by atoms with Crippen molar-refractivity contribution in [1.82, 2.24) is 4.98 Å². The van der Waals surface area contributed by atoms with Gasteiger partial charge >= 0.3 is 0 Å². The number of nitrogens with zero attached hydrogens (tertiary/aromatic N) is 3. The van der Waals surface area contributed by atoms with Crippen LogP contribution in [0.5, 0.6) is 5.75 Å². The number of anilines is 1. The lowest BCUT2D eigenvalue weighted by atomic mass is 9.97. The number of nitrogens with two attached hydrogens (primary N) is 1. The lowest BCUT2D eigenvalue weighted by molar-refractivity contribution is 0.102. The number of Topliss-reactive ketones (excluding diaryl/α,β-unsaturated/α-hetero) is 1. The van der Waals surface area contributed by atoms with Crippen LogP contribution in [0, 0.1) is 22.7 Å². The number of benzene rings is 2. The Balaban J connectivity index is 2.02. The van der Waals surface area contributed by atoms with Crippen LogP contribution in [0.1, 0.15) is 21.5 Å². The van der Waals surface area contributed by atoms with Crippen molar-refractivity contribution in [2.24, 2.45) is 0 Å². The molecule has 3 N–H and O–H groups in total. The van der Waals surface area contributed by atoms with Gasteiger partial charge in [-0.25, -0.2) is 4.98 Å². The van der Waals surface area contributed by atoms with E-state index >= 15 is 0 Å². The first-order valence-electron chi connectivity index (χ1n) is 8.29. The van der Waals surface area contributed by atoms with Crippen LogP contribution in [0.15, 0.2) is 58.0 Å². The molecular weight excluding hydrogens is 452 g/mol. The number of rotatable bonds is 5. The molecule has 0 amide bonds. The molecule has 0 radical (unpaired) electrons. The predicted octanol–water partition coefficient (Wildman–Crippen LogP) is 4.52. The second-order valence-electron chi connectivity index (χ2n) is 5.92. The molecule has 6 nitrogen and oxygen atoms in total. The Morgan fingerprint density at radius 1 is 1.14 bits per heavy atom. The first-order chi connectivity index (χ1) is 13.9. The highest BCUT2D eigenvalue weighted by atomic mass is 79.9. The van der Waals surface area contributed by atoms with Gasteiger partial charge in [0.25, 0.3) is 0 Å². The Hall–Kier alpha value is -3.33. The number of phenols is 1. The zero-order valence-electron chi connectivity index (χ0n) is 14.9. The number of nitriles is 2. The van der Waals surface area contributed by atoms with Gasteiger partial charge in [0, 0.05) is 15.6 Å². The molecule has 0 saturated heterocycles. The van der Waals surface area contributed by atoms with E-state index in [4.69, 9.17) is 5.73 Å². The molecule has 0 fully saturated rings. The predicted molar refractivity (Wildman–Crippen MR) is 114 cm³/mol. The van der Waals surface area contributed by atoms with E-state index in [0.29, 0.717) is 16.7 Å². The van der Waals surface area contributed by atoms with Crippen molar-refractivity contribution in [1.29, 1.82) is 10.5 Å². The van der Waals surface area contributed by atoms with Crippen LogP contribution in [-0.4, -0.2) is 21.6 Å². The first-order valence-corrected chi connectivity index (χ1v) is 10.1. The number of aromatic nitrogens is 1. The molecule has 3 rings (SSSR count). The van der Waals surface area contributed by atoms with E-state index in [0.717, 1.165) is 16.2 Å². The van der Waals surface area contributed by atoms with E-state index in [-0.39, 0.29) is 39.3 Å². The SMILES string of the molecule is N#Cc1c(N)nc(SCC(=O)c2cccc(Br)c2)c(C#N)c1-c1ccc(O)cc1. The third-order valence-corrected chi connectivity index (χ3v) is 5.53. The molecule has 0 aliphatic rings. The molecular formula is C21H13BrN4O2S. The summed E-state index contributed by atoms with van der Waals surface area (Å²) < 4.78 is 0.793. The molecule has 29 heavy (non-hydrogen) atoms. The van der Waals surface area contributed by atoms with Gasteiger partial charge in [-0.3, -0.25) is 4.79 Å². The molecule has 0 aliphatic heterocycles. The highest BCUT2D eigenvalue weighted by Crippen LogP contribution is 2.36. The number of carbonyl (C=O) groups is 1. The van der Waals surface area contributed by atoms with Crippen LogP contribution in [-0.2, 0) is 0 Å². The van der Waals surface area contributed by atoms with Crippen molar-refractivity contribution in [3.05, 3.63) is 69.7 Å². The zero-order valence-corrected chi connectivity index (χ0v) is 17.3. The summed E-state index contributed by atoms with van der Waals surface area (Å²) in [6, 6.07) is 17.2. The molecule has 0 bridgehead atoms. The largest absolute Gasteiger partial charge is 0.508 e. The fourth-order valence-corrected chi connectivity index (χ4v) is 3.99. The first kappa shape index (κ1) is 20.4. The molecule has 0 aliphatic carbocycles. The van der Waals surface area contributed by atoms with Gasteiger partial charge in [0.15, 0.2) is 5.78 Å². The van der Waals surface area contributed by atoms with E-state index in [2.05, 4.69) is 27.0 Å². The Morgan fingerprint density at radius 2 is 1.83 bits per heavy atom. The van der Waals surface area contributed by atoms with Gasteiger partial charge in [0.1, 0.15) is 34.3 Å². The number of halogens is 1. The second-order valence-corrected chi connectivity index (χ2v) is 7.80. The monoisotopic (exact) mass is 464 g/mol. The lowest BCUT2D eigenvalue weighted by Gasteiger charge is -2.13. The molecule has 8 heteroatoms. The number of pyridine rings is 1. The van der Waals surface area contributed by atoms with Crippen LogP contribution in [0.25, 0.3) is 11.1 Å². The molecule has 3 aromatic rings. The fourth-order valence-electron chi connectivity index (χ4n) is 2.70. The summed E-state index contributed by atoms with van der Waals surface area (Å²) in [4.78, 5) is 16.7. The minimum Gasteiger partial charge on any atom is -0.508 e. The molecule has 0 unspecified atom stereocenters. The summed E-state index contributed by atoms with van der Waals surface area (Å²) in [5.74, 6) is -0.0384. The van der Waals surface area contributed by atoms with Crippen LogP contribution in [0.2, 0.25) is 0 Å². The van der Waals surface area contributed by atoms with E-state index in [1.54, 1.807) is 30.3 Å². The lowest BCUT2D eigenvalue weighted by Crippen LogP contribution is -2.06. The number of nitrogen functional groups attached to an aromatic ring is 1. The van der Waals surface area contributed by atoms with E-state index in [1.807, 2.05) is 12.1 Å². The molecule has 142 valence electrons. The summed E-state index contributed by atoms with van der Waals surface area (Å²) >= 11 is 4.42. The number of thioether (sulfide) groups is 1. The van der Waals surface area contributed by atoms with Crippen LogP contribution >= 0.6 is 27.7 Å². The van der Waals surface area contributed by atoms with Crippen molar-refractivity contribution in [3.63, 3.8) is 0 Å².